The maximum atomic E-state index is 12.3. The van der Waals surface area contributed by atoms with E-state index >= 15 is 0 Å². The third-order valence-electron chi connectivity index (χ3n) is 12.1. The third kappa shape index (κ3) is 8.70. The van der Waals surface area contributed by atoms with Gasteiger partial charge in [-0.2, -0.15) is 15.0 Å². The number of rotatable bonds is 9. The quantitative estimate of drug-likeness (QED) is 0.123. The first kappa shape index (κ1) is 48.0. The van der Waals surface area contributed by atoms with Crippen LogP contribution in [0.4, 0.5) is 17.5 Å². The fourth-order valence-corrected chi connectivity index (χ4v) is 9.37. The number of nitrogens with zero attached hydrogens (tertiary/aromatic N) is 6. The van der Waals surface area contributed by atoms with Crippen molar-refractivity contribution in [3.05, 3.63) is 68.2 Å². The van der Waals surface area contributed by atoms with E-state index in [2.05, 4.69) is 15.0 Å². The lowest BCUT2D eigenvalue weighted by Crippen LogP contribution is -2.47. The van der Waals surface area contributed by atoms with Crippen molar-refractivity contribution in [2.24, 2.45) is 0 Å². The average molecular weight is 937 g/mol. The van der Waals surface area contributed by atoms with E-state index in [1.54, 1.807) is 19.2 Å². The highest BCUT2D eigenvalue weighted by Crippen LogP contribution is 2.53. The zero-order chi connectivity index (χ0) is 45.4. The van der Waals surface area contributed by atoms with Crippen LogP contribution in [0.3, 0.4) is 0 Å². The SMILES string of the molecule is CC[C@@]1(CCl)O[C@@H](n2ccc(N)nc2=O)[C@@H]2OC3(CCCC3)O[C@@H]21.CC[C@@]1(CCl)O[C@@H](n2ccc(N)nc2=O)[C@H](O)[C@@H]1O.Nc1ccn([C@@H]2O[C@@](CO)(CCl)[C@@H](O)[C@H]2O)c(=O)n1. The van der Waals surface area contributed by atoms with Gasteiger partial charge in [0.05, 0.1) is 24.2 Å². The standard InChI is InChI=1S/C16H22ClN3O4.C11H16ClN3O4.C10H14ClN3O5/c1-2-15(9-17)12-11(22-16(23-12)6-3-4-7-16)13(24-15)20-8-5-10(18)19-14(20)21;1-2-11(5-12)8(17)7(16)9(19-11)15-4-3-6(13)14-10(15)18;11-3-10(4-15)7(17)6(16)8(19-10)14-2-1-5(12)13-9(14)18/h5,8,11-13H,2-4,6-7,9H2,1H3,(H2,18,19,21);3-4,7-9,16-17H,2,5H2,1H3,(H2,13,14,18);1-2,6-8,15-17H,3-4H2,(H2,12,13,18)/t11-,12+,13-,15+;7-,8+,9-,11+;6-,7+,8-,10-/m111/s1. The zero-order valence-electron chi connectivity index (χ0n) is 33.8. The van der Waals surface area contributed by atoms with Gasteiger partial charge in [0, 0.05) is 31.4 Å². The molecule has 4 saturated heterocycles. The van der Waals surface area contributed by atoms with Crippen molar-refractivity contribution in [1.82, 2.24) is 28.7 Å². The van der Waals surface area contributed by atoms with Gasteiger partial charge in [-0.3, -0.25) is 13.7 Å². The second kappa shape index (κ2) is 18.9. The molecule has 0 radical (unpaired) electrons. The minimum atomic E-state index is -1.52. The summed E-state index contributed by atoms with van der Waals surface area (Å²) in [5.74, 6) is -0.230. The maximum absolute atomic E-state index is 12.3. The van der Waals surface area contributed by atoms with E-state index < -0.39 is 89.4 Å². The molecule has 12 atom stereocenters. The summed E-state index contributed by atoms with van der Waals surface area (Å²) in [5, 5.41) is 49.2. The number of aromatic nitrogens is 6. The van der Waals surface area contributed by atoms with Gasteiger partial charge in [-0.05, 0) is 43.9 Å². The fraction of sp³-hybridized carbons (Fsp3) is 0.676. The molecule has 5 aliphatic rings. The van der Waals surface area contributed by atoms with Crippen LogP contribution >= 0.6 is 34.8 Å². The van der Waals surface area contributed by atoms with Crippen LogP contribution in [0.15, 0.2) is 51.2 Å². The number of ether oxygens (including phenoxy) is 5. The van der Waals surface area contributed by atoms with Gasteiger partial charge >= 0.3 is 17.1 Å². The van der Waals surface area contributed by atoms with Crippen molar-refractivity contribution >= 4 is 52.3 Å². The first-order valence-corrected chi connectivity index (χ1v) is 21.5. The summed E-state index contributed by atoms with van der Waals surface area (Å²) in [5.41, 5.74) is 11.2. The van der Waals surface area contributed by atoms with Gasteiger partial charge < -0.3 is 66.4 Å². The van der Waals surface area contributed by atoms with Crippen molar-refractivity contribution in [2.75, 3.05) is 41.4 Å². The molecule has 3 aromatic heterocycles. The molecule has 7 heterocycles. The highest BCUT2D eigenvalue weighted by Gasteiger charge is 2.65. The summed E-state index contributed by atoms with van der Waals surface area (Å²) in [6.45, 7) is 3.20. The molecule has 1 spiro atoms. The Morgan fingerprint density at radius 3 is 1.37 bits per heavy atom. The number of nitrogen functional groups attached to an aromatic ring is 3. The molecule has 11 N–H and O–H groups in total. The first-order valence-electron chi connectivity index (χ1n) is 19.9. The van der Waals surface area contributed by atoms with Crippen molar-refractivity contribution in [1.29, 1.82) is 0 Å². The number of aliphatic hydroxyl groups is 5. The van der Waals surface area contributed by atoms with Crippen molar-refractivity contribution < 1.29 is 49.2 Å². The molecular formula is C37H52Cl3N9O13. The minimum Gasteiger partial charge on any atom is -0.393 e. The maximum Gasteiger partial charge on any atom is 0.351 e. The van der Waals surface area contributed by atoms with E-state index in [4.69, 9.17) is 75.7 Å². The summed E-state index contributed by atoms with van der Waals surface area (Å²) in [6, 6.07) is 4.34. The molecule has 0 unspecified atom stereocenters. The Kier molecular flexibility index (Phi) is 14.6. The van der Waals surface area contributed by atoms with E-state index in [0.29, 0.717) is 12.8 Å². The number of aliphatic hydroxyl groups excluding tert-OH is 5. The number of halogens is 3. The fourth-order valence-electron chi connectivity index (χ4n) is 8.25. The lowest BCUT2D eigenvalue weighted by Gasteiger charge is -2.33. The largest absolute Gasteiger partial charge is 0.393 e. The van der Waals surface area contributed by atoms with Crippen LogP contribution in [-0.4, -0.2) is 138 Å². The predicted molar refractivity (Wildman–Crippen MR) is 222 cm³/mol. The number of hydrogen-bond donors (Lipinski definition) is 8. The molecule has 8 rings (SSSR count). The molecule has 3 aromatic rings. The summed E-state index contributed by atoms with van der Waals surface area (Å²) < 4.78 is 33.4. The lowest BCUT2D eigenvalue weighted by atomic mass is 9.94. The molecule has 0 amide bonds. The predicted octanol–water partition coefficient (Wildman–Crippen LogP) is -0.694. The molecular weight excluding hydrogens is 885 g/mol. The van der Waals surface area contributed by atoms with Crippen molar-refractivity contribution in [2.45, 2.75) is 130 Å². The highest BCUT2D eigenvalue weighted by atomic mass is 35.5. The van der Waals surface area contributed by atoms with E-state index in [1.165, 1.54) is 29.1 Å². The van der Waals surface area contributed by atoms with Crippen LogP contribution in [0.5, 0.6) is 0 Å². The second-order valence-corrected chi connectivity index (χ2v) is 16.5. The van der Waals surface area contributed by atoms with Gasteiger partial charge in [0.25, 0.3) is 0 Å². The Morgan fingerprint density at radius 2 is 1.02 bits per heavy atom. The average Bonchev–Trinajstić information content (AvgIpc) is 4.05. The molecule has 62 heavy (non-hydrogen) atoms. The first-order chi connectivity index (χ1) is 29.4. The molecule has 0 aromatic carbocycles. The molecule has 22 nitrogen and oxygen atoms in total. The summed E-state index contributed by atoms with van der Waals surface area (Å²) in [7, 11) is 0. The summed E-state index contributed by atoms with van der Waals surface area (Å²) in [4.78, 5) is 46.5. The zero-order valence-corrected chi connectivity index (χ0v) is 36.1. The third-order valence-corrected chi connectivity index (χ3v) is 13.4. The number of hydrogen-bond acceptors (Lipinski definition) is 19. The Balaban J connectivity index is 0.000000157. The van der Waals surface area contributed by atoms with E-state index in [1.807, 2.05) is 6.92 Å². The van der Waals surface area contributed by atoms with Crippen LogP contribution in [0.25, 0.3) is 0 Å². The van der Waals surface area contributed by atoms with Crippen molar-refractivity contribution in [3.63, 3.8) is 0 Å². The molecule has 4 aliphatic heterocycles. The minimum absolute atomic E-state index is 0.00930. The Bertz CT molecular complexity index is 2110. The molecule has 344 valence electrons. The smallest absolute Gasteiger partial charge is 0.351 e. The van der Waals surface area contributed by atoms with E-state index in [-0.39, 0.29) is 47.3 Å². The van der Waals surface area contributed by atoms with Gasteiger partial charge in [0.2, 0.25) is 0 Å². The molecule has 25 heteroatoms. The second-order valence-electron chi connectivity index (χ2n) is 15.7. The van der Waals surface area contributed by atoms with Crippen LogP contribution in [0, 0.1) is 0 Å². The molecule has 5 fully saturated rings. The van der Waals surface area contributed by atoms with Crippen molar-refractivity contribution in [3.8, 4) is 0 Å². The van der Waals surface area contributed by atoms with Crippen LogP contribution in [0.1, 0.15) is 71.1 Å². The van der Waals surface area contributed by atoms with Gasteiger partial charge in [0.15, 0.2) is 24.5 Å². The highest BCUT2D eigenvalue weighted by molar-refractivity contribution is 6.19. The summed E-state index contributed by atoms with van der Waals surface area (Å²) in [6.07, 6.45) is 0.392. The topological polar surface area (TPSA) is 330 Å². The van der Waals surface area contributed by atoms with Crippen LogP contribution in [0.2, 0.25) is 0 Å². The number of alkyl halides is 3. The van der Waals surface area contributed by atoms with Gasteiger partial charge in [-0.15, -0.1) is 34.8 Å². The Morgan fingerprint density at radius 1 is 0.629 bits per heavy atom. The molecule has 1 saturated carbocycles. The lowest BCUT2D eigenvalue weighted by molar-refractivity contribution is -0.230. The number of fused-ring (bicyclic) bond motifs is 1. The van der Waals surface area contributed by atoms with Crippen LogP contribution < -0.4 is 34.3 Å². The van der Waals surface area contributed by atoms with E-state index in [0.717, 1.165) is 34.8 Å². The normalized spacial score (nSPS) is 35.6. The van der Waals surface area contributed by atoms with Gasteiger partial charge in [-0.1, -0.05) is 13.8 Å². The Labute approximate surface area is 369 Å². The number of anilines is 3. The number of nitrogens with two attached hydrogens (primary N) is 3. The Hall–Kier alpha value is -3.49. The van der Waals surface area contributed by atoms with Gasteiger partial charge in [-0.25, -0.2) is 14.4 Å². The van der Waals surface area contributed by atoms with Gasteiger partial charge in [0.1, 0.15) is 70.9 Å². The summed E-state index contributed by atoms with van der Waals surface area (Å²) >= 11 is 17.7. The van der Waals surface area contributed by atoms with E-state index in [9.17, 15) is 39.9 Å². The molecule has 0 bridgehead atoms. The van der Waals surface area contributed by atoms with Crippen LogP contribution in [-0.2, 0) is 23.7 Å². The molecule has 1 aliphatic carbocycles. The monoisotopic (exact) mass is 935 g/mol.